The van der Waals surface area contributed by atoms with Gasteiger partial charge in [0, 0.05) is 11.3 Å². The predicted octanol–water partition coefficient (Wildman–Crippen LogP) is 3.83. The first-order valence-corrected chi connectivity index (χ1v) is 11.8. The maximum atomic E-state index is 12.7. The van der Waals surface area contributed by atoms with Gasteiger partial charge in [-0.1, -0.05) is 30.3 Å². The lowest BCUT2D eigenvalue weighted by atomic mass is 10.1. The molecule has 2 aromatic heterocycles. The molecule has 174 valence electrons. The first-order valence-electron chi connectivity index (χ1n) is 10.6. The van der Waals surface area contributed by atoms with Gasteiger partial charge in [-0.2, -0.15) is 10.1 Å². The summed E-state index contributed by atoms with van der Waals surface area (Å²) < 4.78 is 17.7. The normalized spacial score (nSPS) is 12.2. The molecule has 0 spiro atoms. The summed E-state index contributed by atoms with van der Waals surface area (Å²) in [4.78, 5) is 17.2. The number of nitrogens with two attached hydrogens (primary N) is 1. The molecular formula is C23H22N6O4S. The quantitative estimate of drug-likeness (QED) is 0.380. The average molecular weight is 479 g/mol. The Balaban J connectivity index is 1.39. The van der Waals surface area contributed by atoms with E-state index in [1.807, 2.05) is 43.5 Å². The van der Waals surface area contributed by atoms with Gasteiger partial charge in [0.2, 0.25) is 18.5 Å². The smallest absolute Gasteiger partial charge is 0.264 e. The molecule has 0 saturated heterocycles. The van der Waals surface area contributed by atoms with Crippen LogP contribution in [0, 0.1) is 0 Å². The Morgan fingerprint density at radius 2 is 2.03 bits per heavy atom. The van der Waals surface area contributed by atoms with Crippen LogP contribution in [-0.4, -0.2) is 38.9 Å². The summed E-state index contributed by atoms with van der Waals surface area (Å²) in [6.07, 6.45) is 2.67. The van der Waals surface area contributed by atoms with Crippen LogP contribution in [0.25, 0.3) is 22.8 Å². The first-order chi connectivity index (χ1) is 16.6. The van der Waals surface area contributed by atoms with Crippen molar-refractivity contribution in [3.8, 4) is 34.3 Å². The Bertz CT molecular complexity index is 1370. The summed E-state index contributed by atoms with van der Waals surface area (Å²) in [5.41, 5.74) is 9.41. The highest BCUT2D eigenvalue weighted by Crippen LogP contribution is 2.37. The molecule has 0 saturated carbocycles. The molecule has 3 N–H and O–H groups in total. The Hall–Kier alpha value is -3.99. The lowest BCUT2D eigenvalue weighted by molar-refractivity contribution is -0.116. The van der Waals surface area contributed by atoms with E-state index in [4.69, 9.17) is 19.7 Å². The molecule has 0 aliphatic carbocycles. The minimum absolute atomic E-state index is 0.0550. The molecule has 0 radical (unpaired) electrons. The summed E-state index contributed by atoms with van der Waals surface area (Å²) in [5.74, 6) is 1.92. The van der Waals surface area contributed by atoms with Gasteiger partial charge in [-0.05, 0) is 42.5 Å². The van der Waals surface area contributed by atoms with Crippen LogP contribution in [0.5, 0.6) is 11.5 Å². The van der Waals surface area contributed by atoms with Crippen LogP contribution in [-0.2, 0) is 17.8 Å². The third kappa shape index (κ3) is 4.05. The molecule has 5 rings (SSSR count). The Labute approximate surface area is 199 Å². The monoisotopic (exact) mass is 478 g/mol. The average Bonchev–Trinajstić information content (AvgIpc) is 3.58. The van der Waals surface area contributed by atoms with Gasteiger partial charge in [-0.3, -0.25) is 4.79 Å². The van der Waals surface area contributed by atoms with Crippen molar-refractivity contribution in [2.24, 2.45) is 0 Å². The summed E-state index contributed by atoms with van der Waals surface area (Å²) in [7, 11) is 0. The van der Waals surface area contributed by atoms with Crippen LogP contribution in [0.2, 0.25) is 0 Å². The molecule has 1 aliphatic heterocycles. The minimum atomic E-state index is -0.235. The molecular weight excluding hydrogens is 456 g/mol. The van der Waals surface area contributed by atoms with Crippen molar-refractivity contribution in [3.05, 3.63) is 48.0 Å². The number of nitrogens with zero attached hydrogens (tertiary/aromatic N) is 4. The van der Waals surface area contributed by atoms with Crippen molar-refractivity contribution in [1.29, 1.82) is 0 Å². The molecule has 0 atom stereocenters. The zero-order chi connectivity index (χ0) is 23.7. The number of nitrogens with one attached hydrogen (secondary N) is 1. The van der Waals surface area contributed by atoms with Crippen LogP contribution in [0.3, 0.4) is 0 Å². The van der Waals surface area contributed by atoms with E-state index >= 15 is 0 Å². The molecule has 3 heterocycles. The zero-order valence-corrected chi connectivity index (χ0v) is 19.4. The second-order valence-electron chi connectivity index (χ2n) is 7.48. The Morgan fingerprint density at radius 1 is 1.21 bits per heavy atom. The molecule has 0 fully saturated rings. The van der Waals surface area contributed by atoms with E-state index in [2.05, 4.69) is 20.6 Å². The number of thioether (sulfide) groups is 1. The number of benzene rings is 2. The van der Waals surface area contributed by atoms with E-state index < -0.39 is 0 Å². The van der Waals surface area contributed by atoms with Crippen molar-refractivity contribution < 1.29 is 18.8 Å². The maximum Gasteiger partial charge on any atom is 0.264 e. The fraction of sp³-hybridized carbons (Fsp3) is 0.217. The lowest BCUT2D eigenvalue weighted by Gasteiger charge is -2.10. The highest BCUT2D eigenvalue weighted by Gasteiger charge is 2.24. The van der Waals surface area contributed by atoms with E-state index in [1.54, 1.807) is 12.1 Å². The SMILES string of the molecule is CCc1ccccc1NC(=O)Cn1nc(SC)c(-c2nc(-c3ccc4c(c3)OCO4)no2)c1N. The van der Waals surface area contributed by atoms with Gasteiger partial charge >= 0.3 is 0 Å². The number of anilines is 2. The first kappa shape index (κ1) is 21.8. The summed E-state index contributed by atoms with van der Waals surface area (Å²) in [6, 6.07) is 13.1. The molecule has 4 aromatic rings. The van der Waals surface area contributed by atoms with Gasteiger partial charge in [0.25, 0.3) is 5.89 Å². The number of hydrogen-bond acceptors (Lipinski definition) is 9. The van der Waals surface area contributed by atoms with Crippen molar-refractivity contribution in [3.63, 3.8) is 0 Å². The molecule has 1 aliphatic rings. The van der Waals surface area contributed by atoms with E-state index in [0.717, 1.165) is 17.7 Å². The molecule has 0 bridgehead atoms. The minimum Gasteiger partial charge on any atom is -0.454 e. The van der Waals surface area contributed by atoms with Crippen molar-refractivity contribution in [2.75, 3.05) is 24.1 Å². The number of para-hydroxylation sites is 1. The van der Waals surface area contributed by atoms with E-state index in [1.165, 1.54) is 16.4 Å². The van der Waals surface area contributed by atoms with Gasteiger partial charge in [-0.25, -0.2) is 4.68 Å². The van der Waals surface area contributed by atoms with Crippen LogP contribution in [0.4, 0.5) is 11.5 Å². The molecule has 2 aromatic carbocycles. The summed E-state index contributed by atoms with van der Waals surface area (Å²) in [5, 5.41) is 12.1. The Kier molecular flexibility index (Phi) is 5.84. The van der Waals surface area contributed by atoms with E-state index in [-0.39, 0.29) is 31.0 Å². The van der Waals surface area contributed by atoms with Crippen molar-refractivity contribution in [2.45, 2.75) is 24.9 Å². The number of carbonyl (C=O) groups is 1. The highest BCUT2D eigenvalue weighted by atomic mass is 32.2. The van der Waals surface area contributed by atoms with Gasteiger partial charge in [0.05, 0.1) is 0 Å². The van der Waals surface area contributed by atoms with Crippen molar-refractivity contribution >= 4 is 29.2 Å². The van der Waals surface area contributed by atoms with Crippen LogP contribution < -0.4 is 20.5 Å². The lowest BCUT2D eigenvalue weighted by Crippen LogP contribution is -2.21. The fourth-order valence-electron chi connectivity index (χ4n) is 3.67. The highest BCUT2D eigenvalue weighted by molar-refractivity contribution is 7.98. The molecule has 1 amide bonds. The zero-order valence-electron chi connectivity index (χ0n) is 18.6. The second kappa shape index (κ2) is 9.10. The van der Waals surface area contributed by atoms with Crippen LogP contribution in [0.1, 0.15) is 12.5 Å². The topological polar surface area (TPSA) is 130 Å². The van der Waals surface area contributed by atoms with Gasteiger partial charge in [0.15, 0.2) is 11.5 Å². The third-order valence-electron chi connectivity index (χ3n) is 5.39. The number of amides is 1. The third-order valence-corrected chi connectivity index (χ3v) is 6.06. The van der Waals surface area contributed by atoms with E-state index in [9.17, 15) is 4.79 Å². The molecule has 10 nitrogen and oxygen atoms in total. The van der Waals surface area contributed by atoms with Gasteiger partial charge in [-0.15, -0.1) is 11.8 Å². The standard InChI is InChI=1S/C23H22N6O4S/c1-3-13-6-4-5-7-15(13)25-18(30)11-29-20(24)19(23(27-29)34-2)22-26-21(28-33-22)14-8-9-16-17(10-14)32-12-31-16/h4-10H,3,11-12,24H2,1-2H3,(H,25,30). The largest absolute Gasteiger partial charge is 0.454 e. The molecule has 11 heteroatoms. The molecule has 34 heavy (non-hydrogen) atoms. The number of nitrogen functional groups attached to an aromatic ring is 1. The summed E-state index contributed by atoms with van der Waals surface area (Å²) >= 11 is 1.38. The number of carbonyl (C=O) groups excluding carboxylic acids is 1. The number of rotatable bonds is 7. The number of fused-ring (bicyclic) bond motifs is 1. The van der Waals surface area contributed by atoms with E-state index in [0.29, 0.717) is 33.5 Å². The van der Waals surface area contributed by atoms with Crippen LogP contribution >= 0.6 is 11.8 Å². The fourth-order valence-corrected chi connectivity index (χ4v) is 4.25. The maximum absolute atomic E-state index is 12.7. The summed E-state index contributed by atoms with van der Waals surface area (Å²) in [6.45, 7) is 2.16. The molecule has 0 unspecified atom stereocenters. The number of aromatic nitrogens is 4. The number of hydrogen-bond donors (Lipinski definition) is 2. The van der Waals surface area contributed by atoms with Gasteiger partial charge < -0.3 is 25.0 Å². The predicted molar refractivity (Wildman–Crippen MR) is 128 cm³/mol. The number of ether oxygens (including phenoxy) is 2. The second-order valence-corrected chi connectivity index (χ2v) is 8.27. The van der Waals surface area contributed by atoms with Crippen LogP contribution in [0.15, 0.2) is 52.0 Å². The Morgan fingerprint density at radius 3 is 2.85 bits per heavy atom. The van der Waals surface area contributed by atoms with Gasteiger partial charge in [0.1, 0.15) is 23.0 Å². The van der Waals surface area contributed by atoms with Crippen molar-refractivity contribution in [1.82, 2.24) is 19.9 Å². The number of aryl methyl sites for hydroxylation is 1.